The Kier molecular flexibility index (Phi) is 5.18. The maximum atomic E-state index is 13.2. The van der Waals surface area contributed by atoms with E-state index in [2.05, 4.69) is 4.98 Å². The number of sulfone groups is 1. The van der Waals surface area contributed by atoms with E-state index in [4.69, 9.17) is 4.74 Å². The summed E-state index contributed by atoms with van der Waals surface area (Å²) < 4.78 is 30.7. The van der Waals surface area contributed by atoms with Crippen LogP contribution < -0.4 is 4.90 Å². The summed E-state index contributed by atoms with van der Waals surface area (Å²) in [7, 11) is -3.42. The van der Waals surface area contributed by atoms with E-state index < -0.39 is 9.84 Å². The Morgan fingerprint density at radius 1 is 1.21 bits per heavy atom. The van der Waals surface area contributed by atoms with E-state index in [1.807, 2.05) is 24.3 Å². The van der Waals surface area contributed by atoms with Gasteiger partial charge in [-0.2, -0.15) is 0 Å². The zero-order valence-electron chi connectivity index (χ0n) is 15.4. The van der Waals surface area contributed by atoms with Crippen molar-refractivity contribution in [1.29, 1.82) is 0 Å². The van der Waals surface area contributed by atoms with Gasteiger partial charge in [-0.3, -0.25) is 9.69 Å². The number of fused-ring (bicyclic) bond motifs is 1. The number of thiazole rings is 1. The number of hydrogen-bond donors (Lipinski definition) is 0. The first-order valence-electron chi connectivity index (χ1n) is 9.01. The summed E-state index contributed by atoms with van der Waals surface area (Å²) in [6.45, 7) is 1.08. The lowest BCUT2D eigenvalue weighted by atomic mass is 10.2. The molecule has 0 spiro atoms. The van der Waals surface area contributed by atoms with Crippen LogP contribution in [0.5, 0.6) is 0 Å². The number of carbonyl (C=O) groups excluding carboxylic acids is 1. The number of aromatic nitrogens is 1. The van der Waals surface area contributed by atoms with Crippen molar-refractivity contribution in [2.75, 3.05) is 24.3 Å². The molecule has 0 saturated carbocycles. The third kappa shape index (κ3) is 3.80. The number of hydrogen-bond acceptors (Lipinski definition) is 6. The standard InChI is InChI=1S/C20H20N2O4S2/c1-28(24,25)17-11-5-10-16-18(17)21-20(27-16)22(13-15-9-6-12-26-15)19(23)14-7-3-2-4-8-14/h2-5,7-8,10-11,15H,6,9,12-13H2,1H3/t15-/m1/s1. The van der Waals surface area contributed by atoms with Gasteiger partial charge in [0.15, 0.2) is 15.0 Å². The quantitative estimate of drug-likeness (QED) is 0.636. The first-order valence-corrected chi connectivity index (χ1v) is 11.7. The van der Waals surface area contributed by atoms with Crippen molar-refractivity contribution in [2.45, 2.75) is 23.8 Å². The van der Waals surface area contributed by atoms with Crippen LogP contribution in [0.1, 0.15) is 23.2 Å². The number of benzene rings is 2. The number of para-hydroxylation sites is 1. The fourth-order valence-corrected chi connectivity index (χ4v) is 5.20. The molecule has 1 fully saturated rings. The summed E-state index contributed by atoms with van der Waals surface area (Å²) in [5, 5.41) is 0.482. The maximum Gasteiger partial charge on any atom is 0.260 e. The second-order valence-electron chi connectivity index (χ2n) is 6.79. The van der Waals surface area contributed by atoms with Gasteiger partial charge in [0.05, 0.1) is 22.2 Å². The fourth-order valence-electron chi connectivity index (χ4n) is 3.30. The molecule has 0 bridgehead atoms. The van der Waals surface area contributed by atoms with Crippen LogP contribution in [-0.2, 0) is 14.6 Å². The Labute approximate surface area is 167 Å². The molecule has 1 aliphatic rings. The molecule has 0 N–H and O–H groups in total. The molecule has 146 valence electrons. The Morgan fingerprint density at radius 3 is 2.68 bits per heavy atom. The van der Waals surface area contributed by atoms with Gasteiger partial charge >= 0.3 is 0 Å². The van der Waals surface area contributed by atoms with Gasteiger partial charge in [-0.15, -0.1) is 0 Å². The van der Waals surface area contributed by atoms with Crippen molar-refractivity contribution in [3.63, 3.8) is 0 Å². The predicted octanol–water partition coefficient (Wildman–Crippen LogP) is 3.53. The molecule has 4 rings (SSSR count). The van der Waals surface area contributed by atoms with Gasteiger partial charge in [-0.25, -0.2) is 13.4 Å². The summed E-state index contributed by atoms with van der Waals surface area (Å²) in [4.78, 5) is 19.6. The van der Waals surface area contributed by atoms with Crippen LogP contribution in [0.25, 0.3) is 10.2 Å². The third-order valence-corrected chi connectivity index (χ3v) is 6.85. The Hall–Kier alpha value is -2.29. The summed E-state index contributed by atoms with van der Waals surface area (Å²) in [5.74, 6) is -0.170. The molecule has 1 atom stereocenters. The largest absolute Gasteiger partial charge is 0.376 e. The molecule has 8 heteroatoms. The molecule has 1 amide bonds. The maximum absolute atomic E-state index is 13.2. The summed E-state index contributed by atoms with van der Waals surface area (Å²) in [6, 6.07) is 14.1. The average molecular weight is 417 g/mol. The highest BCUT2D eigenvalue weighted by molar-refractivity contribution is 7.91. The highest BCUT2D eigenvalue weighted by atomic mass is 32.2. The van der Waals surface area contributed by atoms with Crippen molar-refractivity contribution < 1.29 is 17.9 Å². The smallest absolute Gasteiger partial charge is 0.260 e. The van der Waals surface area contributed by atoms with Gasteiger partial charge in [0, 0.05) is 18.4 Å². The number of carbonyl (C=O) groups is 1. The molecule has 3 aromatic rings. The Bertz CT molecular complexity index is 1100. The van der Waals surface area contributed by atoms with Crippen LogP contribution in [-0.4, -0.2) is 44.8 Å². The molecule has 6 nitrogen and oxygen atoms in total. The monoisotopic (exact) mass is 416 g/mol. The lowest BCUT2D eigenvalue weighted by Gasteiger charge is -2.23. The molecular formula is C20H20N2O4S2. The minimum absolute atomic E-state index is 0.0472. The molecule has 0 unspecified atom stereocenters. The number of nitrogens with zero attached hydrogens (tertiary/aromatic N) is 2. The molecule has 2 heterocycles. The normalized spacial score (nSPS) is 17.1. The highest BCUT2D eigenvalue weighted by Crippen LogP contribution is 2.34. The lowest BCUT2D eigenvalue weighted by Crippen LogP contribution is -2.37. The van der Waals surface area contributed by atoms with E-state index in [1.165, 1.54) is 17.6 Å². The van der Waals surface area contributed by atoms with E-state index >= 15 is 0 Å². The topological polar surface area (TPSA) is 76.6 Å². The zero-order valence-corrected chi connectivity index (χ0v) is 17.0. The second-order valence-corrected chi connectivity index (χ2v) is 9.78. The zero-order chi connectivity index (χ0) is 19.7. The SMILES string of the molecule is CS(=O)(=O)c1cccc2sc(N(C[C@H]3CCCO3)C(=O)c3ccccc3)nc12. The van der Waals surface area contributed by atoms with E-state index in [1.54, 1.807) is 29.2 Å². The highest BCUT2D eigenvalue weighted by Gasteiger charge is 2.28. The van der Waals surface area contributed by atoms with Crippen molar-refractivity contribution in [1.82, 2.24) is 4.98 Å². The summed E-state index contributed by atoms with van der Waals surface area (Å²) >= 11 is 1.32. The number of amides is 1. The Balaban J connectivity index is 1.78. The number of ether oxygens (including phenoxy) is 1. The van der Waals surface area contributed by atoms with Crippen molar-refractivity contribution >= 4 is 42.4 Å². The van der Waals surface area contributed by atoms with Crippen LogP contribution in [0.3, 0.4) is 0 Å². The number of anilines is 1. The minimum Gasteiger partial charge on any atom is -0.376 e. The van der Waals surface area contributed by atoms with E-state index in [0.717, 1.165) is 17.5 Å². The van der Waals surface area contributed by atoms with E-state index in [9.17, 15) is 13.2 Å². The fraction of sp³-hybridized carbons (Fsp3) is 0.300. The molecule has 0 aliphatic carbocycles. The molecular weight excluding hydrogens is 396 g/mol. The van der Waals surface area contributed by atoms with Crippen LogP contribution in [0.4, 0.5) is 5.13 Å². The van der Waals surface area contributed by atoms with Crippen LogP contribution in [0.15, 0.2) is 53.4 Å². The van der Waals surface area contributed by atoms with Gasteiger partial charge in [-0.1, -0.05) is 35.6 Å². The van der Waals surface area contributed by atoms with Crippen molar-refractivity contribution in [3.8, 4) is 0 Å². The van der Waals surface area contributed by atoms with Crippen LogP contribution in [0, 0.1) is 0 Å². The van der Waals surface area contributed by atoms with Gasteiger partial charge < -0.3 is 4.74 Å². The van der Waals surface area contributed by atoms with Gasteiger partial charge in [0.1, 0.15) is 5.52 Å². The molecule has 1 aromatic heterocycles. The van der Waals surface area contributed by atoms with E-state index in [-0.39, 0.29) is 16.9 Å². The second kappa shape index (κ2) is 7.62. The first kappa shape index (κ1) is 19.0. The summed E-state index contributed by atoms with van der Waals surface area (Å²) in [5.41, 5.74) is 0.964. The number of rotatable bonds is 5. The third-order valence-electron chi connectivity index (χ3n) is 4.68. The molecule has 2 aromatic carbocycles. The Morgan fingerprint density at radius 2 is 2.00 bits per heavy atom. The van der Waals surface area contributed by atoms with Crippen LogP contribution >= 0.6 is 11.3 Å². The molecule has 1 aliphatic heterocycles. The van der Waals surface area contributed by atoms with Gasteiger partial charge in [0.25, 0.3) is 5.91 Å². The molecule has 28 heavy (non-hydrogen) atoms. The first-order chi connectivity index (χ1) is 13.4. The molecule has 1 saturated heterocycles. The van der Waals surface area contributed by atoms with Crippen LogP contribution in [0.2, 0.25) is 0 Å². The lowest BCUT2D eigenvalue weighted by molar-refractivity contribution is 0.0917. The molecule has 0 radical (unpaired) electrons. The summed E-state index contributed by atoms with van der Waals surface area (Å²) in [6.07, 6.45) is 2.97. The van der Waals surface area contributed by atoms with Crippen molar-refractivity contribution in [2.24, 2.45) is 0 Å². The average Bonchev–Trinajstić information content (AvgIpc) is 3.34. The predicted molar refractivity (Wildman–Crippen MR) is 110 cm³/mol. The van der Waals surface area contributed by atoms with Gasteiger partial charge in [0.2, 0.25) is 0 Å². The van der Waals surface area contributed by atoms with Gasteiger partial charge in [-0.05, 0) is 37.1 Å². The van der Waals surface area contributed by atoms with Crippen molar-refractivity contribution in [3.05, 3.63) is 54.1 Å². The minimum atomic E-state index is -3.42. The van der Waals surface area contributed by atoms with E-state index in [0.29, 0.717) is 29.4 Å².